The molecule has 3 heteroatoms. The van der Waals surface area contributed by atoms with Crippen molar-refractivity contribution in [2.24, 2.45) is 0 Å². The molecule has 1 amide bonds. The van der Waals surface area contributed by atoms with Crippen LogP contribution < -0.4 is 5.32 Å². The molecule has 0 unspecified atom stereocenters. The van der Waals surface area contributed by atoms with Gasteiger partial charge in [0, 0.05) is 13.1 Å². The number of nitrogens with one attached hydrogen (secondary N) is 1. The maximum absolute atomic E-state index is 12.8. The van der Waals surface area contributed by atoms with Crippen molar-refractivity contribution in [3.63, 3.8) is 0 Å². The quantitative estimate of drug-likeness (QED) is 0.793. The minimum atomic E-state index is -0.297. The molecule has 1 saturated carbocycles. The maximum atomic E-state index is 12.8. The molecule has 2 aromatic carbocycles. The van der Waals surface area contributed by atoms with Crippen LogP contribution in [0, 0.1) is 0 Å². The fourth-order valence-electron chi connectivity index (χ4n) is 3.45. The summed E-state index contributed by atoms with van der Waals surface area (Å²) in [5, 5.41) is 3.19. The van der Waals surface area contributed by atoms with E-state index in [0.717, 1.165) is 38.0 Å². The summed E-state index contributed by atoms with van der Waals surface area (Å²) in [5.41, 5.74) is 3.36. The molecule has 0 aliphatic heterocycles. The molecule has 2 aromatic rings. The van der Waals surface area contributed by atoms with Crippen molar-refractivity contribution in [2.75, 3.05) is 13.1 Å². The lowest BCUT2D eigenvalue weighted by atomic mass is 9.95. The first-order chi connectivity index (χ1) is 12.2. The topological polar surface area (TPSA) is 32.3 Å². The molecule has 0 bridgehead atoms. The van der Waals surface area contributed by atoms with Crippen LogP contribution in [0.15, 0.2) is 54.6 Å². The third-order valence-corrected chi connectivity index (χ3v) is 5.36. The highest BCUT2D eigenvalue weighted by atomic mass is 16.2. The molecule has 132 valence electrons. The molecular formula is C22H28N2O. The number of amides is 1. The molecule has 1 N–H and O–H groups in total. The number of hydrogen-bond donors (Lipinski definition) is 1. The van der Waals surface area contributed by atoms with E-state index >= 15 is 0 Å². The first-order valence-electron chi connectivity index (χ1n) is 9.32. The highest BCUT2D eigenvalue weighted by Crippen LogP contribution is 2.48. The van der Waals surface area contributed by atoms with Gasteiger partial charge < -0.3 is 5.32 Å². The van der Waals surface area contributed by atoms with E-state index in [1.165, 1.54) is 11.1 Å². The van der Waals surface area contributed by atoms with Gasteiger partial charge in [-0.05, 0) is 42.6 Å². The summed E-state index contributed by atoms with van der Waals surface area (Å²) in [6.07, 6.45) is 1.90. The third kappa shape index (κ3) is 3.93. The Morgan fingerprint density at radius 3 is 2.16 bits per heavy atom. The Hall–Kier alpha value is -2.13. The summed E-state index contributed by atoms with van der Waals surface area (Å²) in [7, 11) is 0. The Kier molecular flexibility index (Phi) is 5.54. The van der Waals surface area contributed by atoms with Crippen molar-refractivity contribution in [2.45, 2.75) is 45.2 Å². The van der Waals surface area contributed by atoms with Crippen molar-refractivity contribution < 1.29 is 4.79 Å². The van der Waals surface area contributed by atoms with E-state index in [1.54, 1.807) is 0 Å². The van der Waals surface area contributed by atoms with Gasteiger partial charge in [-0.3, -0.25) is 9.69 Å². The van der Waals surface area contributed by atoms with Crippen molar-refractivity contribution in [1.82, 2.24) is 10.2 Å². The number of nitrogens with zero attached hydrogens (tertiary/aromatic N) is 1. The summed E-state index contributed by atoms with van der Waals surface area (Å²) in [5.74, 6) is 0.163. The zero-order valence-electron chi connectivity index (χ0n) is 15.3. The summed E-state index contributed by atoms with van der Waals surface area (Å²) < 4.78 is 0. The maximum Gasteiger partial charge on any atom is 0.230 e. The van der Waals surface area contributed by atoms with Gasteiger partial charge in [-0.15, -0.1) is 0 Å². The van der Waals surface area contributed by atoms with Gasteiger partial charge in [-0.25, -0.2) is 0 Å². The molecule has 1 fully saturated rings. The predicted molar refractivity (Wildman–Crippen MR) is 102 cm³/mol. The minimum absolute atomic E-state index is 0.163. The molecule has 0 saturated heterocycles. The number of carbonyl (C=O) groups is 1. The van der Waals surface area contributed by atoms with Gasteiger partial charge >= 0.3 is 0 Å². The van der Waals surface area contributed by atoms with E-state index in [4.69, 9.17) is 0 Å². The van der Waals surface area contributed by atoms with Gasteiger partial charge in [-0.1, -0.05) is 68.4 Å². The molecule has 0 spiro atoms. The molecule has 3 nitrogen and oxygen atoms in total. The van der Waals surface area contributed by atoms with Gasteiger partial charge in [0.05, 0.1) is 5.41 Å². The number of rotatable bonds is 8. The smallest absolute Gasteiger partial charge is 0.230 e. The molecular weight excluding hydrogens is 308 g/mol. The fourth-order valence-corrected chi connectivity index (χ4v) is 3.45. The highest BCUT2D eigenvalue weighted by molar-refractivity contribution is 5.91. The van der Waals surface area contributed by atoms with Gasteiger partial charge in [0.2, 0.25) is 5.91 Å². The van der Waals surface area contributed by atoms with Crippen LogP contribution in [0.25, 0.3) is 0 Å². The molecule has 0 heterocycles. The largest absolute Gasteiger partial charge is 0.351 e. The first-order valence-corrected chi connectivity index (χ1v) is 9.32. The van der Waals surface area contributed by atoms with Gasteiger partial charge in [0.25, 0.3) is 0 Å². The standard InChI is InChI=1S/C22H28N2O/c1-3-24(4-2)17-19-11-9-8-10-18(19)16-23-21(25)22(14-15-22)20-12-6-5-7-13-20/h5-13H,3-4,14-17H2,1-2H3,(H,23,25). The Labute approximate surface area is 151 Å². The third-order valence-electron chi connectivity index (χ3n) is 5.36. The zero-order valence-corrected chi connectivity index (χ0v) is 15.3. The van der Waals surface area contributed by atoms with Crippen molar-refractivity contribution in [3.8, 4) is 0 Å². The van der Waals surface area contributed by atoms with E-state index in [-0.39, 0.29) is 11.3 Å². The summed E-state index contributed by atoms with van der Waals surface area (Å²) >= 11 is 0. The monoisotopic (exact) mass is 336 g/mol. The lowest BCUT2D eigenvalue weighted by molar-refractivity contribution is -0.123. The Morgan fingerprint density at radius 1 is 0.960 bits per heavy atom. The van der Waals surface area contributed by atoms with Crippen LogP contribution in [0.5, 0.6) is 0 Å². The predicted octanol–water partition coefficient (Wildman–Crippen LogP) is 3.88. The van der Waals surface area contributed by atoms with Crippen LogP contribution in [0.1, 0.15) is 43.4 Å². The van der Waals surface area contributed by atoms with Crippen LogP contribution >= 0.6 is 0 Å². The van der Waals surface area contributed by atoms with Gasteiger partial charge in [0.15, 0.2) is 0 Å². The number of benzene rings is 2. The molecule has 1 aliphatic carbocycles. The highest BCUT2D eigenvalue weighted by Gasteiger charge is 2.50. The van der Waals surface area contributed by atoms with E-state index in [0.29, 0.717) is 6.54 Å². The number of hydrogen-bond acceptors (Lipinski definition) is 2. The SMILES string of the molecule is CCN(CC)Cc1ccccc1CNC(=O)C1(c2ccccc2)CC1. The lowest BCUT2D eigenvalue weighted by Crippen LogP contribution is -2.34. The van der Waals surface area contributed by atoms with Crippen LogP contribution in [-0.2, 0) is 23.3 Å². The summed E-state index contributed by atoms with van der Waals surface area (Å²) in [4.78, 5) is 15.2. The molecule has 1 aliphatic rings. The van der Waals surface area contributed by atoms with E-state index in [9.17, 15) is 4.79 Å². The second kappa shape index (κ2) is 7.83. The summed E-state index contributed by atoms with van der Waals surface area (Å²) in [6, 6.07) is 18.6. The normalized spacial score (nSPS) is 15.2. The lowest BCUT2D eigenvalue weighted by Gasteiger charge is -2.21. The van der Waals surface area contributed by atoms with E-state index < -0.39 is 0 Å². The summed E-state index contributed by atoms with van der Waals surface area (Å²) in [6.45, 7) is 7.98. The zero-order chi connectivity index (χ0) is 17.7. The van der Waals surface area contributed by atoms with Crippen LogP contribution in [0.4, 0.5) is 0 Å². The van der Waals surface area contributed by atoms with Crippen LogP contribution in [-0.4, -0.2) is 23.9 Å². The number of carbonyl (C=O) groups excluding carboxylic acids is 1. The molecule has 0 radical (unpaired) electrons. The molecule has 0 aromatic heterocycles. The van der Waals surface area contributed by atoms with Crippen molar-refractivity contribution in [3.05, 3.63) is 71.3 Å². The average Bonchev–Trinajstić information content (AvgIpc) is 3.47. The fraction of sp³-hybridized carbons (Fsp3) is 0.409. The minimum Gasteiger partial charge on any atom is -0.351 e. The average molecular weight is 336 g/mol. The molecule has 0 atom stereocenters. The van der Waals surface area contributed by atoms with Gasteiger partial charge in [-0.2, -0.15) is 0 Å². The van der Waals surface area contributed by atoms with Crippen molar-refractivity contribution >= 4 is 5.91 Å². The van der Waals surface area contributed by atoms with Crippen molar-refractivity contribution in [1.29, 1.82) is 0 Å². The Bertz CT molecular complexity index is 703. The van der Waals surface area contributed by atoms with Crippen LogP contribution in [0.2, 0.25) is 0 Å². The second-order valence-corrected chi connectivity index (χ2v) is 6.86. The second-order valence-electron chi connectivity index (χ2n) is 6.86. The first kappa shape index (κ1) is 17.7. The van der Waals surface area contributed by atoms with E-state index in [1.807, 2.05) is 18.2 Å². The van der Waals surface area contributed by atoms with Crippen LogP contribution in [0.3, 0.4) is 0 Å². The van der Waals surface area contributed by atoms with Gasteiger partial charge in [0.1, 0.15) is 0 Å². The van der Waals surface area contributed by atoms with E-state index in [2.05, 4.69) is 60.5 Å². The Balaban J connectivity index is 1.67. The molecule has 3 rings (SSSR count). The Morgan fingerprint density at radius 2 is 1.56 bits per heavy atom. The molecule has 25 heavy (non-hydrogen) atoms.